The van der Waals surface area contributed by atoms with Crippen molar-refractivity contribution in [2.45, 2.75) is 70.3 Å². The largest absolute Gasteiger partial charge is 0.481 e. The molecule has 0 bridgehead atoms. The van der Waals surface area contributed by atoms with E-state index in [0.717, 1.165) is 6.92 Å². The maximum atomic E-state index is 12.8. The first kappa shape index (κ1) is 30.5. The third kappa shape index (κ3) is 11.4. The monoisotopic (exact) mass is 489 g/mol. The number of carboxylic acids is 2. The van der Waals surface area contributed by atoms with Crippen LogP contribution in [0.25, 0.3) is 0 Å². The van der Waals surface area contributed by atoms with Gasteiger partial charge in [0.25, 0.3) is 0 Å². The molecule has 0 aromatic rings. The highest BCUT2D eigenvalue weighted by Gasteiger charge is 2.33. The van der Waals surface area contributed by atoms with Crippen LogP contribution in [-0.2, 0) is 24.0 Å². The molecule has 5 atom stereocenters. The van der Waals surface area contributed by atoms with Crippen molar-refractivity contribution in [2.24, 2.45) is 28.1 Å². The molecule has 0 fully saturated rings. The molecule has 0 rings (SSSR count). The molecule has 0 aromatic carbocycles. The predicted octanol–water partition coefficient (Wildman–Crippen LogP) is -3.58. The van der Waals surface area contributed by atoms with Gasteiger partial charge in [-0.1, -0.05) is 13.8 Å². The Kier molecular flexibility index (Phi) is 13.2. The highest BCUT2D eigenvalue weighted by atomic mass is 16.4. The average Bonchev–Trinajstić information content (AvgIpc) is 2.70. The Morgan fingerprint density at radius 2 is 1.44 bits per heavy atom. The Morgan fingerprint density at radius 1 is 0.882 bits per heavy atom. The first-order chi connectivity index (χ1) is 15.7. The first-order valence-corrected chi connectivity index (χ1v) is 10.5. The molecule has 0 aliphatic rings. The summed E-state index contributed by atoms with van der Waals surface area (Å²) < 4.78 is 0. The number of carbonyl (C=O) groups excluding carboxylic acids is 3. The van der Waals surface area contributed by atoms with E-state index in [1.807, 2.05) is 5.32 Å². The summed E-state index contributed by atoms with van der Waals surface area (Å²) >= 11 is 0. The fraction of sp³-hybridized carbons (Fsp3) is 0.684. The van der Waals surface area contributed by atoms with Crippen molar-refractivity contribution < 1.29 is 39.3 Å². The number of nitrogens with two attached hydrogens (primary N) is 3. The molecule has 15 heteroatoms. The maximum absolute atomic E-state index is 12.8. The van der Waals surface area contributed by atoms with Crippen molar-refractivity contribution in [3.8, 4) is 0 Å². The Morgan fingerprint density at radius 3 is 1.88 bits per heavy atom. The number of guanidine groups is 1. The van der Waals surface area contributed by atoms with Crippen molar-refractivity contribution in [1.82, 2.24) is 16.0 Å². The summed E-state index contributed by atoms with van der Waals surface area (Å²) in [7, 11) is 0. The molecule has 0 saturated carbocycles. The average molecular weight is 490 g/mol. The lowest BCUT2D eigenvalue weighted by atomic mass is 10.0. The molecule has 0 aliphatic carbocycles. The molecular weight excluding hydrogens is 454 g/mol. The van der Waals surface area contributed by atoms with Crippen LogP contribution in [0.15, 0.2) is 4.99 Å². The minimum Gasteiger partial charge on any atom is -0.481 e. The van der Waals surface area contributed by atoms with E-state index in [1.165, 1.54) is 0 Å². The van der Waals surface area contributed by atoms with Gasteiger partial charge in [0.15, 0.2) is 12.0 Å². The van der Waals surface area contributed by atoms with Crippen LogP contribution in [0.1, 0.15) is 40.0 Å². The topological polar surface area (TPSA) is 273 Å². The summed E-state index contributed by atoms with van der Waals surface area (Å²) in [6.07, 6.45) is -1.74. The third-order valence-corrected chi connectivity index (χ3v) is 4.61. The van der Waals surface area contributed by atoms with E-state index in [4.69, 9.17) is 27.4 Å². The molecular formula is C19H35N7O8. The van der Waals surface area contributed by atoms with Crippen molar-refractivity contribution >= 4 is 35.6 Å². The van der Waals surface area contributed by atoms with E-state index < -0.39 is 72.3 Å². The molecule has 12 N–H and O–H groups in total. The SMILES string of the molecule is CC(C)C(NC(=O)C(N)CCCN=C(N)N)C(=O)NC(CC(=O)O)C(=O)NC(C(=O)O)C(C)O. The second-order valence-electron chi connectivity index (χ2n) is 8.01. The van der Waals surface area contributed by atoms with Crippen LogP contribution >= 0.6 is 0 Å². The van der Waals surface area contributed by atoms with Gasteiger partial charge in [0, 0.05) is 6.54 Å². The summed E-state index contributed by atoms with van der Waals surface area (Å²) in [4.78, 5) is 63.8. The molecule has 0 spiro atoms. The summed E-state index contributed by atoms with van der Waals surface area (Å²) in [5, 5.41) is 34.4. The maximum Gasteiger partial charge on any atom is 0.328 e. The molecule has 34 heavy (non-hydrogen) atoms. The molecule has 194 valence electrons. The van der Waals surface area contributed by atoms with E-state index >= 15 is 0 Å². The van der Waals surface area contributed by atoms with Crippen LogP contribution in [0.3, 0.4) is 0 Å². The van der Waals surface area contributed by atoms with Crippen LogP contribution in [-0.4, -0.2) is 87.8 Å². The normalized spacial score (nSPS) is 15.2. The number of aliphatic imine (C=N–C) groups is 1. The lowest BCUT2D eigenvalue weighted by Gasteiger charge is -2.26. The number of hydrogen-bond donors (Lipinski definition) is 9. The zero-order chi connectivity index (χ0) is 26.6. The number of nitrogens with zero attached hydrogens (tertiary/aromatic N) is 1. The van der Waals surface area contributed by atoms with Crippen molar-refractivity contribution in [1.29, 1.82) is 0 Å². The van der Waals surface area contributed by atoms with Gasteiger partial charge >= 0.3 is 11.9 Å². The lowest BCUT2D eigenvalue weighted by molar-refractivity contribution is -0.146. The standard InChI is InChI=1S/C19H35N7O8/c1-8(2)13(25-15(30)10(20)5-4-6-23-19(21)22)17(32)24-11(7-12(28)29)16(31)26-14(9(3)27)18(33)34/h8-11,13-14,27H,4-7,20H2,1-3H3,(H,24,32)(H,25,30)(H,26,31)(H,28,29)(H,33,34)(H4,21,22,23). The smallest absolute Gasteiger partial charge is 0.328 e. The zero-order valence-corrected chi connectivity index (χ0v) is 19.4. The van der Waals surface area contributed by atoms with Crippen LogP contribution in [0.2, 0.25) is 0 Å². The van der Waals surface area contributed by atoms with Gasteiger partial charge in [-0.05, 0) is 25.7 Å². The first-order valence-electron chi connectivity index (χ1n) is 10.5. The van der Waals surface area contributed by atoms with Gasteiger partial charge in [0.2, 0.25) is 17.7 Å². The number of rotatable bonds is 15. The Bertz CT molecular complexity index is 768. The quantitative estimate of drug-likeness (QED) is 0.0616. The number of hydrogen-bond acceptors (Lipinski definition) is 8. The zero-order valence-electron chi connectivity index (χ0n) is 19.4. The van der Waals surface area contributed by atoms with Gasteiger partial charge in [0.1, 0.15) is 12.1 Å². The van der Waals surface area contributed by atoms with E-state index in [2.05, 4.69) is 15.6 Å². The van der Waals surface area contributed by atoms with Crippen LogP contribution in [0, 0.1) is 5.92 Å². The number of aliphatic carboxylic acids is 2. The van der Waals surface area contributed by atoms with Gasteiger partial charge in [-0.3, -0.25) is 24.2 Å². The fourth-order valence-electron chi connectivity index (χ4n) is 2.73. The van der Waals surface area contributed by atoms with E-state index in [-0.39, 0.29) is 18.9 Å². The van der Waals surface area contributed by atoms with Gasteiger partial charge < -0.3 is 48.5 Å². The number of aliphatic hydroxyl groups excluding tert-OH is 1. The van der Waals surface area contributed by atoms with Crippen LogP contribution in [0.4, 0.5) is 0 Å². The minimum atomic E-state index is -1.72. The second kappa shape index (κ2) is 14.6. The summed E-state index contributed by atoms with van der Waals surface area (Å²) in [6, 6.07) is -5.55. The van der Waals surface area contributed by atoms with Gasteiger partial charge in [0.05, 0.1) is 18.6 Å². The number of carboxylic acid groups (broad SMARTS) is 2. The molecule has 3 amide bonds. The molecule has 15 nitrogen and oxygen atoms in total. The summed E-state index contributed by atoms with van der Waals surface area (Å²) in [5.41, 5.74) is 16.3. The van der Waals surface area contributed by atoms with Crippen molar-refractivity contribution in [3.05, 3.63) is 0 Å². The number of carbonyl (C=O) groups is 5. The highest BCUT2D eigenvalue weighted by Crippen LogP contribution is 2.06. The minimum absolute atomic E-state index is 0.0994. The molecule has 0 aromatic heterocycles. The molecule has 0 heterocycles. The van der Waals surface area contributed by atoms with E-state index in [9.17, 15) is 29.1 Å². The fourth-order valence-corrected chi connectivity index (χ4v) is 2.73. The third-order valence-electron chi connectivity index (χ3n) is 4.61. The molecule has 5 unspecified atom stereocenters. The highest BCUT2D eigenvalue weighted by molar-refractivity contribution is 5.95. The number of nitrogens with one attached hydrogen (secondary N) is 3. The number of aliphatic hydroxyl groups is 1. The summed E-state index contributed by atoms with van der Waals surface area (Å²) in [5.74, 6) is -6.23. The second-order valence-corrected chi connectivity index (χ2v) is 8.01. The number of amides is 3. The molecule has 0 aliphatic heterocycles. The van der Waals surface area contributed by atoms with Gasteiger partial charge in [-0.25, -0.2) is 4.79 Å². The van der Waals surface area contributed by atoms with E-state index in [0.29, 0.717) is 6.42 Å². The molecule has 0 saturated heterocycles. The van der Waals surface area contributed by atoms with Crippen LogP contribution in [0.5, 0.6) is 0 Å². The van der Waals surface area contributed by atoms with Crippen molar-refractivity contribution in [2.75, 3.05) is 6.54 Å². The van der Waals surface area contributed by atoms with Gasteiger partial charge in [-0.2, -0.15) is 0 Å². The lowest BCUT2D eigenvalue weighted by Crippen LogP contribution is -2.59. The Hall–Kier alpha value is -3.46. The Labute approximate surface area is 196 Å². The van der Waals surface area contributed by atoms with Gasteiger partial charge in [-0.15, -0.1) is 0 Å². The van der Waals surface area contributed by atoms with Crippen molar-refractivity contribution in [3.63, 3.8) is 0 Å². The summed E-state index contributed by atoms with van der Waals surface area (Å²) in [6.45, 7) is 4.59. The predicted molar refractivity (Wildman–Crippen MR) is 120 cm³/mol. The van der Waals surface area contributed by atoms with E-state index in [1.54, 1.807) is 13.8 Å². The Balaban J connectivity index is 5.32. The molecule has 0 radical (unpaired) electrons. The van der Waals surface area contributed by atoms with Crippen LogP contribution < -0.4 is 33.2 Å².